The van der Waals surface area contributed by atoms with Crippen LogP contribution in [-0.2, 0) is 24.0 Å². The first-order chi connectivity index (χ1) is 14.3. The SMILES string of the molecule is CCC(C)C(NC(=O)C(N)CC(C)C)C(=O)NC(CCC(=O)O)C(=O)NC(C)C(=O)O. The molecule has 0 aromatic heterocycles. The Morgan fingerprint density at radius 1 is 0.871 bits per heavy atom. The fraction of sp³-hybridized carbons (Fsp3) is 0.750. The van der Waals surface area contributed by atoms with Crippen molar-refractivity contribution in [2.45, 2.75) is 84.5 Å². The predicted octanol–water partition coefficient (Wildman–Crippen LogP) is -0.170. The molecule has 5 atom stereocenters. The van der Waals surface area contributed by atoms with Crippen molar-refractivity contribution in [3.8, 4) is 0 Å². The fourth-order valence-corrected chi connectivity index (χ4v) is 2.75. The number of rotatable bonds is 14. The van der Waals surface area contributed by atoms with Gasteiger partial charge in [0.2, 0.25) is 17.7 Å². The third-order valence-electron chi connectivity index (χ3n) is 4.86. The van der Waals surface area contributed by atoms with Gasteiger partial charge in [0.15, 0.2) is 0 Å². The van der Waals surface area contributed by atoms with Crippen molar-refractivity contribution in [2.75, 3.05) is 0 Å². The van der Waals surface area contributed by atoms with Crippen LogP contribution in [0.25, 0.3) is 0 Å². The second-order valence-electron chi connectivity index (χ2n) is 8.17. The Balaban J connectivity index is 5.45. The lowest BCUT2D eigenvalue weighted by atomic mass is 9.96. The highest BCUT2D eigenvalue weighted by molar-refractivity contribution is 5.94. The molecule has 178 valence electrons. The van der Waals surface area contributed by atoms with Gasteiger partial charge in [0.05, 0.1) is 6.04 Å². The topological polar surface area (TPSA) is 188 Å². The monoisotopic (exact) mass is 444 g/mol. The average Bonchev–Trinajstić information content (AvgIpc) is 2.67. The lowest BCUT2D eigenvalue weighted by Crippen LogP contribution is -2.58. The van der Waals surface area contributed by atoms with Gasteiger partial charge in [0.25, 0.3) is 0 Å². The van der Waals surface area contributed by atoms with Gasteiger partial charge in [0, 0.05) is 6.42 Å². The van der Waals surface area contributed by atoms with Crippen LogP contribution in [0.15, 0.2) is 0 Å². The molecule has 0 saturated heterocycles. The molecular formula is C20H36N4O7. The van der Waals surface area contributed by atoms with Crippen molar-refractivity contribution in [2.24, 2.45) is 17.6 Å². The number of carboxylic acids is 2. The van der Waals surface area contributed by atoms with E-state index in [2.05, 4.69) is 16.0 Å². The van der Waals surface area contributed by atoms with Gasteiger partial charge in [-0.3, -0.25) is 24.0 Å². The molecule has 7 N–H and O–H groups in total. The minimum absolute atomic E-state index is 0.178. The van der Waals surface area contributed by atoms with Crippen LogP contribution >= 0.6 is 0 Å². The van der Waals surface area contributed by atoms with E-state index in [9.17, 15) is 24.0 Å². The first-order valence-corrected chi connectivity index (χ1v) is 10.4. The molecule has 0 aliphatic rings. The molecule has 0 aromatic carbocycles. The molecule has 0 rings (SSSR count). The minimum atomic E-state index is -1.28. The number of aliphatic carboxylic acids is 2. The number of carbonyl (C=O) groups excluding carboxylic acids is 3. The van der Waals surface area contributed by atoms with Crippen LogP contribution < -0.4 is 21.7 Å². The number of amides is 3. The highest BCUT2D eigenvalue weighted by atomic mass is 16.4. The van der Waals surface area contributed by atoms with Gasteiger partial charge in [0.1, 0.15) is 18.1 Å². The zero-order valence-electron chi connectivity index (χ0n) is 18.8. The van der Waals surface area contributed by atoms with E-state index < -0.39 is 60.2 Å². The molecule has 0 bridgehead atoms. The van der Waals surface area contributed by atoms with Crippen molar-refractivity contribution in [1.29, 1.82) is 0 Å². The van der Waals surface area contributed by atoms with E-state index in [4.69, 9.17) is 15.9 Å². The quantitative estimate of drug-likeness (QED) is 0.213. The van der Waals surface area contributed by atoms with E-state index in [1.54, 1.807) is 6.92 Å². The van der Waals surface area contributed by atoms with Crippen LogP contribution in [0.4, 0.5) is 0 Å². The predicted molar refractivity (Wildman–Crippen MR) is 113 cm³/mol. The number of nitrogens with one attached hydrogen (secondary N) is 3. The Hall–Kier alpha value is -2.69. The highest BCUT2D eigenvalue weighted by Gasteiger charge is 2.32. The van der Waals surface area contributed by atoms with Crippen LogP contribution in [0.1, 0.15) is 60.3 Å². The van der Waals surface area contributed by atoms with Gasteiger partial charge >= 0.3 is 11.9 Å². The van der Waals surface area contributed by atoms with Crippen molar-refractivity contribution in [1.82, 2.24) is 16.0 Å². The van der Waals surface area contributed by atoms with E-state index in [0.29, 0.717) is 12.8 Å². The molecule has 0 aliphatic carbocycles. The zero-order valence-corrected chi connectivity index (χ0v) is 18.8. The molecule has 0 spiro atoms. The second kappa shape index (κ2) is 13.6. The molecule has 3 amide bonds. The summed E-state index contributed by atoms with van der Waals surface area (Å²) in [6.07, 6.45) is 0.309. The lowest BCUT2D eigenvalue weighted by molar-refractivity contribution is -0.142. The average molecular weight is 445 g/mol. The van der Waals surface area contributed by atoms with E-state index in [1.807, 2.05) is 20.8 Å². The summed E-state index contributed by atoms with van der Waals surface area (Å²) in [6, 6.07) is -4.30. The van der Waals surface area contributed by atoms with Crippen LogP contribution in [0, 0.1) is 11.8 Å². The molecule has 0 aromatic rings. The van der Waals surface area contributed by atoms with Crippen molar-refractivity contribution < 1.29 is 34.2 Å². The maximum Gasteiger partial charge on any atom is 0.325 e. The smallest absolute Gasteiger partial charge is 0.325 e. The molecule has 0 heterocycles. The molecule has 11 heteroatoms. The van der Waals surface area contributed by atoms with E-state index in [1.165, 1.54) is 6.92 Å². The summed E-state index contributed by atoms with van der Waals surface area (Å²) in [6.45, 7) is 8.64. The summed E-state index contributed by atoms with van der Waals surface area (Å²) in [5.41, 5.74) is 5.89. The molecular weight excluding hydrogens is 408 g/mol. The van der Waals surface area contributed by atoms with Gasteiger partial charge in [-0.25, -0.2) is 0 Å². The van der Waals surface area contributed by atoms with E-state index in [-0.39, 0.29) is 18.3 Å². The van der Waals surface area contributed by atoms with E-state index in [0.717, 1.165) is 0 Å². The molecule has 31 heavy (non-hydrogen) atoms. The highest BCUT2D eigenvalue weighted by Crippen LogP contribution is 2.11. The molecule has 0 fully saturated rings. The van der Waals surface area contributed by atoms with Crippen molar-refractivity contribution in [3.63, 3.8) is 0 Å². The summed E-state index contributed by atoms with van der Waals surface area (Å²) >= 11 is 0. The first kappa shape index (κ1) is 28.3. The summed E-state index contributed by atoms with van der Waals surface area (Å²) < 4.78 is 0. The maximum absolute atomic E-state index is 12.9. The number of carboxylic acid groups (broad SMARTS) is 2. The Kier molecular flexibility index (Phi) is 12.4. The lowest BCUT2D eigenvalue weighted by Gasteiger charge is -2.28. The minimum Gasteiger partial charge on any atom is -0.481 e. The van der Waals surface area contributed by atoms with Crippen molar-refractivity contribution >= 4 is 29.7 Å². The van der Waals surface area contributed by atoms with Crippen LogP contribution in [0.2, 0.25) is 0 Å². The van der Waals surface area contributed by atoms with Gasteiger partial charge in [-0.05, 0) is 31.6 Å². The largest absolute Gasteiger partial charge is 0.481 e. The zero-order chi connectivity index (χ0) is 24.3. The number of hydrogen-bond donors (Lipinski definition) is 6. The Morgan fingerprint density at radius 3 is 1.90 bits per heavy atom. The fourth-order valence-electron chi connectivity index (χ4n) is 2.75. The Morgan fingerprint density at radius 2 is 1.45 bits per heavy atom. The third kappa shape index (κ3) is 10.8. The summed E-state index contributed by atoms with van der Waals surface area (Å²) in [5.74, 6) is -4.57. The second-order valence-corrected chi connectivity index (χ2v) is 8.17. The molecule has 11 nitrogen and oxygen atoms in total. The van der Waals surface area contributed by atoms with Crippen LogP contribution in [-0.4, -0.2) is 64.0 Å². The van der Waals surface area contributed by atoms with Gasteiger partial charge in [-0.2, -0.15) is 0 Å². The van der Waals surface area contributed by atoms with E-state index >= 15 is 0 Å². The maximum atomic E-state index is 12.9. The van der Waals surface area contributed by atoms with Gasteiger partial charge in [-0.15, -0.1) is 0 Å². The van der Waals surface area contributed by atoms with Gasteiger partial charge in [-0.1, -0.05) is 34.1 Å². The summed E-state index contributed by atoms with van der Waals surface area (Å²) in [4.78, 5) is 59.7. The number of carbonyl (C=O) groups is 5. The molecule has 0 radical (unpaired) electrons. The normalized spacial score (nSPS) is 15.8. The number of hydrogen-bond acceptors (Lipinski definition) is 6. The standard InChI is InChI=1S/C20H36N4O7/c1-6-11(4)16(24-17(27)13(21)9-10(2)3)19(29)23-14(7-8-15(25)26)18(28)22-12(5)20(30)31/h10-14,16H,6-9,21H2,1-5H3,(H,22,28)(H,23,29)(H,24,27)(H,25,26)(H,30,31). The summed E-state index contributed by atoms with van der Waals surface area (Å²) in [5, 5.41) is 25.2. The number of nitrogens with two attached hydrogens (primary N) is 1. The van der Waals surface area contributed by atoms with Crippen molar-refractivity contribution in [3.05, 3.63) is 0 Å². The molecule has 5 unspecified atom stereocenters. The Bertz CT molecular complexity index is 653. The van der Waals surface area contributed by atoms with Crippen LogP contribution in [0.3, 0.4) is 0 Å². The Labute approximate surface area is 182 Å². The van der Waals surface area contributed by atoms with Crippen LogP contribution in [0.5, 0.6) is 0 Å². The molecule has 0 saturated carbocycles. The summed E-state index contributed by atoms with van der Waals surface area (Å²) in [7, 11) is 0. The third-order valence-corrected chi connectivity index (χ3v) is 4.86. The molecule has 0 aliphatic heterocycles. The van der Waals surface area contributed by atoms with Gasteiger partial charge < -0.3 is 31.9 Å². The first-order valence-electron chi connectivity index (χ1n) is 10.4.